The third-order valence-corrected chi connectivity index (χ3v) is 2.94. The molecule has 1 N–H and O–H groups in total. The number of carbonyl (C=O) groups is 2. The highest BCUT2D eigenvalue weighted by Crippen LogP contribution is 2.16. The molecule has 0 aliphatic carbocycles. The summed E-state index contributed by atoms with van der Waals surface area (Å²) in [7, 11) is 1.52. The Morgan fingerprint density at radius 1 is 1.05 bits per heavy atom. The van der Waals surface area contributed by atoms with E-state index in [1.54, 1.807) is 24.3 Å². The topological polar surface area (TPSA) is 55.4 Å². The number of methoxy groups -OCH3 is 1. The van der Waals surface area contributed by atoms with Crippen molar-refractivity contribution in [2.45, 2.75) is 6.42 Å². The first kappa shape index (κ1) is 15.6. The molecule has 0 saturated heterocycles. The van der Waals surface area contributed by atoms with Crippen LogP contribution in [-0.2, 0) is 4.79 Å². The van der Waals surface area contributed by atoms with E-state index in [1.807, 2.05) is 0 Å². The van der Waals surface area contributed by atoms with Gasteiger partial charge in [0.05, 0.1) is 13.5 Å². The van der Waals surface area contributed by atoms with Crippen LogP contribution >= 0.6 is 0 Å². The molecule has 2 rings (SSSR count). The van der Waals surface area contributed by atoms with E-state index in [2.05, 4.69) is 5.32 Å². The lowest BCUT2D eigenvalue weighted by molar-refractivity contribution is -0.115. The summed E-state index contributed by atoms with van der Waals surface area (Å²) in [6.07, 6.45) is -0.461. The van der Waals surface area contributed by atoms with Crippen molar-refractivity contribution in [1.29, 1.82) is 0 Å². The van der Waals surface area contributed by atoms with Crippen LogP contribution in [0.4, 0.5) is 14.5 Å². The molecule has 0 aliphatic heterocycles. The Labute approximate surface area is 125 Å². The molecule has 0 unspecified atom stereocenters. The van der Waals surface area contributed by atoms with Gasteiger partial charge in [-0.15, -0.1) is 0 Å². The quantitative estimate of drug-likeness (QED) is 0.682. The number of hydrogen-bond acceptors (Lipinski definition) is 3. The van der Waals surface area contributed by atoms with Gasteiger partial charge in [0.2, 0.25) is 5.91 Å². The van der Waals surface area contributed by atoms with Crippen molar-refractivity contribution in [2.75, 3.05) is 12.4 Å². The van der Waals surface area contributed by atoms with Crippen LogP contribution in [0.25, 0.3) is 0 Å². The first-order valence-corrected chi connectivity index (χ1v) is 6.42. The molecule has 0 aliphatic rings. The summed E-state index contributed by atoms with van der Waals surface area (Å²) >= 11 is 0. The van der Waals surface area contributed by atoms with Gasteiger partial charge in [-0.05, 0) is 42.5 Å². The van der Waals surface area contributed by atoms with Crippen molar-refractivity contribution in [3.05, 3.63) is 59.7 Å². The van der Waals surface area contributed by atoms with Crippen LogP contribution in [0.2, 0.25) is 0 Å². The van der Waals surface area contributed by atoms with Crippen molar-refractivity contribution in [3.8, 4) is 5.75 Å². The van der Waals surface area contributed by atoms with Crippen LogP contribution in [-0.4, -0.2) is 18.8 Å². The fraction of sp³-hybridized carbons (Fsp3) is 0.125. The van der Waals surface area contributed by atoms with Gasteiger partial charge in [-0.25, -0.2) is 8.78 Å². The maximum atomic E-state index is 13.1. The van der Waals surface area contributed by atoms with Gasteiger partial charge >= 0.3 is 0 Å². The number of amides is 1. The second-order valence-electron chi connectivity index (χ2n) is 4.51. The van der Waals surface area contributed by atoms with E-state index in [0.717, 1.165) is 18.2 Å². The molecule has 2 aromatic carbocycles. The lowest BCUT2D eigenvalue weighted by Gasteiger charge is -2.06. The van der Waals surface area contributed by atoms with Gasteiger partial charge in [-0.2, -0.15) is 0 Å². The summed E-state index contributed by atoms with van der Waals surface area (Å²) < 4.78 is 30.8. The first-order valence-electron chi connectivity index (χ1n) is 6.42. The van der Waals surface area contributed by atoms with E-state index >= 15 is 0 Å². The van der Waals surface area contributed by atoms with E-state index in [1.165, 1.54) is 7.11 Å². The minimum absolute atomic E-state index is 0.0521. The Morgan fingerprint density at radius 2 is 1.73 bits per heavy atom. The van der Waals surface area contributed by atoms with E-state index < -0.39 is 29.7 Å². The smallest absolute Gasteiger partial charge is 0.232 e. The largest absolute Gasteiger partial charge is 0.497 e. The van der Waals surface area contributed by atoms with Gasteiger partial charge in [0.1, 0.15) is 5.75 Å². The van der Waals surface area contributed by atoms with Gasteiger partial charge in [0, 0.05) is 11.3 Å². The van der Waals surface area contributed by atoms with E-state index in [-0.39, 0.29) is 5.56 Å². The lowest BCUT2D eigenvalue weighted by Crippen LogP contribution is -2.16. The summed E-state index contributed by atoms with van der Waals surface area (Å²) in [4.78, 5) is 23.6. The monoisotopic (exact) mass is 305 g/mol. The second-order valence-corrected chi connectivity index (χ2v) is 4.51. The molecule has 0 aromatic heterocycles. The molecule has 0 saturated carbocycles. The van der Waals surface area contributed by atoms with E-state index in [0.29, 0.717) is 11.4 Å². The number of Topliss-reactive ketones (excluding diaryl/α,β-unsaturated/α-hetero) is 1. The van der Waals surface area contributed by atoms with Crippen LogP contribution in [0.1, 0.15) is 16.8 Å². The van der Waals surface area contributed by atoms with Crippen molar-refractivity contribution in [2.24, 2.45) is 0 Å². The molecule has 114 valence electrons. The highest BCUT2D eigenvalue weighted by atomic mass is 19.2. The molecule has 0 radical (unpaired) electrons. The fourth-order valence-corrected chi connectivity index (χ4v) is 1.80. The maximum absolute atomic E-state index is 13.1. The molecule has 22 heavy (non-hydrogen) atoms. The normalized spacial score (nSPS) is 10.1. The number of anilines is 1. The average Bonchev–Trinajstić information content (AvgIpc) is 2.50. The van der Waals surface area contributed by atoms with Crippen LogP contribution in [0.5, 0.6) is 5.75 Å². The van der Waals surface area contributed by atoms with Crippen molar-refractivity contribution < 1.29 is 23.1 Å². The zero-order valence-electron chi connectivity index (χ0n) is 11.7. The zero-order valence-corrected chi connectivity index (χ0v) is 11.7. The predicted octanol–water partition coefficient (Wildman–Crippen LogP) is 3.18. The number of nitrogens with one attached hydrogen (secondary N) is 1. The zero-order chi connectivity index (χ0) is 16.1. The molecule has 0 spiro atoms. The molecule has 6 heteroatoms. The molecule has 4 nitrogen and oxygen atoms in total. The van der Waals surface area contributed by atoms with E-state index in [4.69, 9.17) is 4.74 Å². The molecule has 0 fully saturated rings. The second kappa shape index (κ2) is 6.80. The van der Waals surface area contributed by atoms with Crippen molar-refractivity contribution in [1.82, 2.24) is 0 Å². The maximum Gasteiger partial charge on any atom is 0.232 e. The number of ketones is 1. The van der Waals surface area contributed by atoms with Crippen molar-refractivity contribution >= 4 is 17.4 Å². The van der Waals surface area contributed by atoms with Crippen LogP contribution in [0.15, 0.2) is 42.5 Å². The third-order valence-electron chi connectivity index (χ3n) is 2.94. The predicted molar refractivity (Wildman–Crippen MR) is 76.9 cm³/mol. The van der Waals surface area contributed by atoms with Gasteiger partial charge in [-0.3, -0.25) is 9.59 Å². The minimum atomic E-state index is -1.12. The van der Waals surface area contributed by atoms with Gasteiger partial charge in [0.25, 0.3) is 0 Å². The first-order chi connectivity index (χ1) is 10.5. The number of benzene rings is 2. The summed E-state index contributed by atoms with van der Waals surface area (Å²) in [6, 6.07) is 9.33. The minimum Gasteiger partial charge on any atom is -0.497 e. The Morgan fingerprint density at radius 3 is 2.32 bits per heavy atom. The van der Waals surface area contributed by atoms with Gasteiger partial charge < -0.3 is 10.1 Å². The SMILES string of the molecule is COc1ccc(NC(=O)CC(=O)c2ccc(F)c(F)c2)cc1. The molecule has 0 bridgehead atoms. The Kier molecular flexibility index (Phi) is 4.83. The standard InChI is InChI=1S/C16H13F2NO3/c1-22-12-5-3-11(4-6-12)19-16(21)9-15(20)10-2-7-13(17)14(18)8-10/h2-8H,9H2,1H3,(H,19,21). The highest BCUT2D eigenvalue weighted by molar-refractivity contribution is 6.10. The van der Waals surface area contributed by atoms with Crippen LogP contribution in [0, 0.1) is 11.6 Å². The molecular weight excluding hydrogens is 292 g/mol. The van der Waals surface area contributed by atoms with Crippen LogP contribution < -0.4 is 10.1 Å². The summed E-state index contributed by atoms with van der Waals surface area (Å²) in [5, 5.41) is 2.54. The molecule has 0 atom stereocenters. The third kappa shape index (κ3) is 3.88. The van der Waals surface area contributed by atoms with E-state index in [9.17, 15) is 18.4 Å². The number of halogens is 2. The molecular formula is C16H13F2NO3. The molecule has 1 amide bonds. The Hall–Kier alpha value is -2.76. The Bertz CT molecular complexity index is 699. The number of hydrogen-bond donors (Lipinski definition) is 1. The summed E-state index contributed by atoms with van der Waals surface area (Å²) in [5.74, 6) is -2.67. The number of carbonyl (C=O) groups excluding carboxylic acids is 2. The van der Waals surface area contributed by atoms with Gasteiger partial charge in [0.15, 0.2) is 17.4 Å². The molecule has 2 aromatic rings. The summed E-state index contributed by atoms with van der Waals surface area (Å²) in [5.41, 5.74) is 0.452. The fourth-order valence-electron chi connectivity index (χ4n) is 1.80. The number of ether oxygens (including phenoxy) is 1. The van der Waals surface area contributed by atoms with Crippen molar-refractivity contribution in [3.63, 3.8) is 0 Å². The van der Waals surface area contributed by atoms with Crippen LogP contribution in [0.3, 0.4) is 0 Å². The lowest BCUT2D eigenvalue weighted by atomic mass is 10.1. The molecule has 0 heterocycles. The summed E-state index contributed by atoms with van der Waals surface area (Å²) in [6.45, 7) is 0. The highest BCUT2D eigenvalue weighted by Gasteiger charge is 2.14. The number of rotatable bonds is 5. The average molecular weight is 305 g/mol. The Balaban J connectivity index is 1.98. The van der Waals surface area contributed by atoms with Gasteiger partial charge in [-0.1, -0.05) is 0 Å².